The van der Waals surface area contributed by atoms with E-state index in [1.54, 1.807) is 6.07 Å². The number of benzene rings is 1. The second-order valence-electron chi connectivity index (χ2n) is 6.32. The molecule has 1 fully saturated rings. The van der Waals surface area contributed by atoms with Crippen molar-refractivity contribution in [3.63, 3.8) is 0 Å². The second-order valence-corrected chi connectivity index (χ2v) is 6.32. The summed E-state index contributed by atoms with van der Waals surface area (Å²) in [5.41, 5.74) is 2.31. The summed E-state index contributed by atoms with van der Waals surface area (Å²) < 4.78 is 13.9. The van der Waals surface area contributed by atoms with Crippen molar-refractivity contribution in [2.45, 2.75) is 64.2 Å². The molecule has 0 bridgehead atoms. The van der Waals surface area contributed by atoms with Gasteiger partial charge in [-0.15, -0.1) is 0 Å². The van der Waals surface area contributed by atoms with E-state index in [9.17, 15) is 4.39 Å². The highest BCUT2D eigenvalue weighted by Gasteiger charge is 2.21. The minimum absolute atomic E-state index is 0.00935. The lowest BCUT2D eigenvalue weighted by molar-refractivity contribution is 0.428. The molecule has 0 atom stereocenters. The number of hydrogen-bond donors (Lipinski definition) is 0. The lowest BCUT2D eigenvalue weighted by atomic mass is 9.80. The van der Waals surface area contributed by atoms with Gasteiger partial charge in [-0.05, 0) is 41.4 Å². The van der Waals surface area contributed by atoms with Crippen LogP contribution in [0.2, 0.25) is 0 Å². The molecule has 2 rings (SSSR count). The van der Waals surface area contributed by atoms with E-state index in [4.69, 9.17) is 0 Å². The van der Waals surface area contributed by atoms with Gasteiger partial charge in [0.1, 0.15) is 5.82 Å². The van der Waals surface area contributed by atoms with Gasteiger partial charge in [-0.3, -0.25) is 0 Å². The Bertz CT molecular complexity index is 381. The maximum atomic E-state index is 13.9. The molecule has 0 heterocycles. The van der Waals surface area contributed by atoms with Crippen molar-refractivity contribution in [3.8, 4) is 0 Å². The smallest absolute Gasteiger partial charge is 0.126 e. The summed E-state index contributed by atoms with van der Waals surface area (Å²) in [6.07, 6.45) is 6.14. The van der Waals surface area contributed by atoms with Crippen molar-refractivity contribution in [2.75, 3.05) is 0 Å². The van der Waals surface area contributed by atoms with Crippen molar-refractivity contribution in [1.29, 1.82) is 0 Å². The van der Waals surface area contributed by atoms with Gasteiger partial charge in [-0.1, -0.05) is 52.2 Å². The van der Waals surface area contributed by atoms with Gasteiger partial charge >= 0.3 is 0 Å². The zero-order chi connectivity index (χ0) is 12.5. The third-order valence-electron chi connectivity index (χ3n) is 3.91. The van der Waals surface area contributed by atoms with Crippen LogP contribution in [0.5, 0.6) is 0 Å². The largest absolute Gasteiger partial charge is 0.207 e. The molecule has 0 saturated heterocycles. The van der Waals surface area contributed by atoms with Crippen LogP contribution in [0.15, 0.2) is 18.2 Å². The van der Waals surface area contributed by atoms with E-state index in [0.717, 1.165) is 18.4 Å². The van der Waals surface area contributed by atoms with E-state index in [-0.39, 0.29) is 11.2 Å². The van der Waals surface area contributed by atoms with Crippen molar-refractivity contribution < 1.29 is 4.39 Å². The minimum atomic E-state index is -0.00935. The topological polar surface area (TPSA) is 0 Å². The normalized spacial score (nSPS) is 18.4. The molecule has 1 aliphatic carbocycles. The fourth-order valence-electron chi connectivity index (χ4n) is 2.74. The lowest BCUT2D eigenvalue weighted by Gasteiger charge is -2.25. The summed E-state index contributed by atoms with van der Waals surface area (Å²) in [6.45, 7) is 6.56. The molecule has 1 aliphatic rings. The predicted molar refractivity (Wildman–Crippen MR) is 70.9 cm³/mol. The van der Waals surface area contributed by atoms with Gasteiger partial charge in [0.15, 0.2) is 0 Å². The predicted octanol–water partition coefficient (Wildman–Crippen LogP) is 5.17. The molecule has 0 aromatic heterocycles. The number of rotatable bonds is 1. The quantitative estimate of drug-likeness (QED) is 0.628. The van der Waals surface area contributed by atoms with Crippen LogP contribution in [0.25, 0.3) is 0 Å². The summed E-state index contributed by atoms with van der Waals surface area (Å²) in [6, 6.07) is 5.69. The molecule has 0 amide bonds. The van der Waals surface area contributed by atoms with E-state index >= 15 is 0 Å². The van der Waals surface area contributed by atoms with Crippen molar-refractivity contribution in [2.24, 2.45) is 0 Å². The van der Waals surface area contributed by atoms with Gasteiger partial charge in [0, 0.05) is 0 Å². The van der Waals surface area contributed by atoms with Gasteiger partial charge < -0.3 is 0 Å². The Kier molecular flexibility index (Phi) is 3.56. The van der Waals surface area contributed by atoms with Crippen molar-refractivity contribution in [3.05, 3.63) is 35.1 Å². The Morgan fingerprint density at radius 1 is 1.06 bits per heavy atom. The number of halogens is 1. The molecule has 1 heteroatoms. The molecule has 0 N–H and O–H groups in total. The molecule has 17 heavy (non-hydrogen) atoms. The van der Waals surface area contributed by atoms with Crippen LogP contribution in [0.3, 0.4) is 0 Å². The van der Waals surface area contributed by atoms with Crippen LogP contribution in [0, 0.1) is 5.82 Å². The first-order chi connectivity index (χ1) is 7.98. The van der Waals surface area contributed by atoms with Crippen molar-refractivity contribution >= 4 is 0 Å². The summed E-state index contributed by atoms with van der Waals surface area (Å²) in [7, 11) is 0. The third kappa shape index (κ3) is 2.88. The maximum absolute atomic E-state index is 13.9. The Morgan fingerprint density at radius 2 is 1.71 bits per heavy atom. The lowest BCUT2D eigenvalue weighted by Crippen LogP contribution is -2.14. The Balaban J connectivity index is 2.31. The highest BCUT2D eigenvalue weighted by molar-refractivity contribution is 5.32. The zero-order valence-corrected chi connectivity index (χ0v) is 11.2. The molecule has 0 unspecified atom stereocenters. The highest BCUT2D eigenvalue weighted by atomic mass is 19.1. The van der Waals surface area contributed by atoms with Gasteiger partial charge in [-0.2, -0.15) is 0 Å². The van der Waals surface area contributed by atoms with Gasteiger partial charge in [0.05, 0.1) is 0 Å². The van der Waals surface area contributed by atoms with Gasteiger partial charge in [0.25, 0.3) is 0 Å². The summed E-state index contributed by atoms with van der Waals surface area (Å²) in [4.78, 5) is 0. The molecule has 1 saturated carbocycles. The first-order valence-electron chi connectivity index (χ1n) is 6.78. The molecule has 1 aromatic carbocycles. The highest BCUT2D eigenvalue weighted by Crippen LogP contribution is 2.36. The first kappa shape index (κ1) is 12.6. The molecule has 1 aromatic rings. The van der Waals surface area contributed by atoms with Crippen LogP contribution in [0.4, 0.5) is 4.39 Å². The van der Waals surface area contributed by atoms with E-state index in [2.05, 4.69) is 26.8 Å². The van der Waals surface area contributed by atoms with Crippen molar-refractivity contribution in [1.82, 2.24) is 0 Å². The van der Waals surface area contributed by atoms with Crippen LogP contribution >= 0.6 is 0 Å². The van der Waals surface area contributed by atoms with Gasteiger partial charge in [0.2, 0.25) is 0 Å². The average molecular weight is 234 g/mol. The van der Waals surface area contributed by atoms with E-state index in [0.29, 0.717) is 5.92 Å². The Labute approximate surface area is 104 Å². The van der Waals surface area contributed by atoms with Crippen LogP contribution in [0.1, 0.15) is 69.9 Å². The zero-order valence-electron chi connectivity index (χ0n) is 11.2. The number of hydrogen-bond acceptors (Lipinski definition) is 0. The first-order valence-corrected chi connectivity index (χ1v) is 6.78. The van der Waals surface area contributed by atoms with E-state index in [1.165, 1.54) is 24.8 Å². The molecule has 94 valence electrons. The van der Waals surface area contributed by atoms with Crippen LogP contribution in [-0.4, -0.2) is 0 Å². The van der Waals surface area contributed by atoms with Crippen LogP contribution in [-0.2, 0) is 5.41 Å². The average Bonchev–Trinajstić information content (AvgIpc) is 2.29. The fourth-order valence-corrected chi connectivity index (χ4v) is 2.74. The summed E-state index contributed by atoms with van der Waals surface area (Å²) >= 11 is 0. The molecule has 0 radical (unpaired) electrons. The molecule has 0 aliphatic heterocycles. The second kappa shape index (κ2) is 4.80. The Morgan fingerprint density at radius 3 is 2.29 bits per heavy atom. The monoisotopic (exact) mass is 234 g/mol. The molecule has 0 nitrogen and oxygen atoms in total. The molecular weight excluding hydrogens is 211 g/mol. The maximum Gasteiger partial charge on any atom is 0.126 e. The van der Waals surface area contributed by atoms with Crippen LogP contribution < -0.4 is 0 Å². The third-order valence-corrected chi connectivity index (χ3v) is 3.91. The fraction of sp³-hybridized carbons (Fsp3) is 0.625. The minimum Gasteiger partial charge on any atom is -0.207 e. The van der Waals surface area contributed by atoms with E-state index in [1.807, 2.05) is 6.07 Å². The molecule has 0 spiro atoms. The molecular formula is C16H23F. The Hall–Kier alpha value is -0.850. The summed E-state index contributed by atoms with van der Waals surface area (Å²) in [5, 5.41) is 0. The summed E-state index contributed by atoms with van der Waals surface area (Å²) in [5.74, 6) is 0.441. The van der Waals surface area contributed by atoms with Gasteiger partial charge in [-0.25, -0.2) is 4.39 Å². The standard InChI is InChI=1S/C16H23F/c1-16(2,3)13-9-10-15(17)14(11-13)12-7-5-4-6-8-12/h9-12H,4-8H2,1-3H3. The van der Waals surface area contributed by atoms with E-state index < -0.39 is 0 Å². The SMILES string of the molecule is CC(C)(C)c1ccc(F)c(C2CCCCC2)c1.